The van der Waals surface area contributed by atoms with E-state index in [1.165, 1.54) is 28.0 Å². The van der Waals surface area contributed by atoms with Crippen LogP contribution in [0.15, 0.2) is 53.9 Å². The van der Waals surface area contributed by atoms with Crippen LogP contribution in [0.5, 0.6) is 0 Å². The number of thiazole rings is 1. The van der Waals surface area contributed by atoms with Gasteiger partial charge in [0.25, 0.3) is 0 Å². The van der Waals surface area contributed by atoms with Crippen molar-refractivity contribution < 1.29 is 27.2 Å². The minimum Gasteiger partial charge on any atom is -0.347 e. The minimum absolute atomic E-state index is 0.0650. The van der Waals surface area contributed by atoms with Crippen molar-refractivity contribution in [2.75, 3.05) is 11.9 Å². The highest BCUT2D eigenvalue weighted by atomic mass is 32.1. The molecule has 0 aliphatic heterocycles. The summed E-state index contributed by atoms with van der Waals surface area (Å²) < 4.78 is 53.8. The van der Waals surface area contributed by atoms with Crippen molar-refractivity contribution in [2.24, 2.45) is 0 Å². The molecule has 0 spiro atoms. The van der Waals surface area contributed by atoms with E-state index in [1.54, 1.807) is 23.6 Å². The number of benzene rings is 2. The van der Waals surface area contributed by atoms with E-state index in [-0.39, 0.29) is 23.6 Å². The number of anilines is 1. The molecule has 4 rings (SSSR count). The van der Waals surface area contributed by atoms with Gasteiger partial charge in [0.15, 0.2) is 5.82 Å². The zero-order valence-electron chi connectivity index (χ0n) is 16.7. The van der Waals surface area contributed by atoms with Crippen molar-refractivity contribution in [1.29, 1.82) is 0 Å². The fourth-order valence-corrected chi connectivity index (χ4v) is 3.86. The molecule has 2 aromatic carbocycles. The third kappa shape index (κ3) is 5.00. The summed E-state index contributed by atoms with van der Waals surface area (Å²) in [6.07, 6.45) is -4.27. The number of halogens is 4. The Balaban J connectivity index is 1.36. The second kappa shape index (κ2) is 8.98. The molecule has 170 valence electrons. The summed E-state index contributed by atoms with van der Waals surface area (Å²) in [6, 6.07) is 10.1. The SMILES string of the molecule is O=C(NCCc1csc2nc(-c3ccccc3F)nn12)C(=O)Nc1cccc(C(F)(F)F)c1. The van der Waals surface area contributed by atoms with E-state index in [9.17, 15) is 27.2 Å². The van der Waals surface area contributed by atoms with E-state index in [1.807, 2.05) is 0 Å². The van der Waals surface area contributed by atoms with Crippen molar-refractivity contribution in [3.63, 3.8) is 0 Å². The van der Waals surface area contributed by atoms with E-state index in [2.05, 4.69) is 20.7 Å². The number of alkyl halides is 3. The van der Waals surface area contributed by atoms with Gasteiger partial charge in [-0.3, -0.25) is 9.59 Å². The predicted molar refractivity (Wildman–Crippen MR) is 113 cm³/mol. The number of nitrogens with zero attached hydrogens (tertiary/aromatic N) is 3. The average Bonchev–Trinajstić information content (AvgIpc) is 3.35. The van der Waals surface area contributed by atoms with Crippen LogP contribution in [-0.4, -0.2) is 33.0 Å². The molecule has 0 saturated carbocycles. The maximum Gasteiger partial charge on any atom is 0.416 e. The van der Waals surface area contributed by atoms with Crippen molar-refractivity contribution in [3.8, 4) is 11.4 Å². The smallest absolute Gasteiger partial charge is 0.347 e. The number of carbonyl (C=O) groups excluding carboxylic acids is 2. The van der Waals surface area contributed by atoms with Gasteiger partial charge in [0.1, 0.15) is 5.82 Å². The van der Waals surface area contributed by atoms with Crippen LogP contribution in [0, 0.1) is 5.82 Å². The zero-order valence-corrected chi connectivity index (χ0v) is 17.5. The van der Waals surface area contributed by atoms with Crippen molar-refractivity contribution in [1.82, 2.24) is 19.9 Å². The van der Waals surface area contributed by atoms with Gasteiger partial charge in [-0.05, 0) is 30.3 Å². The van der Waals surface area contributed by atoms with E-state index in [0.717, 1.165) is 18.2 Å². The Kier molecular flexibility index (Phi) is 6.09. The van der Waals surface area contributed by atoms with Crippen molar-refractivity contribution >= 4 is 33.8 Å². The summed E-state index contributed by atoms with van der Waals surface area (Å²) in [7, 11) is 0. The summed E-state index contributed by atoms with van der Waals surface area (Å²) in [4.78, 5) is 28.9. The molecule has 0 atom stereocenters. The summed E-state index contributed by atoms with van der Waals surface area (Å²) in [5, 5.41) is 10.6. The standard InChI is InChI=1S/C21H15F4N5O2S/c22-16-7-2-1-6-15(16)17-28-20-30(29-17)14(11-33-20)8-9-26-18(31)19(32)27-13-5-3-4-12(10-13)21(23,24)25/h1-7,10-11H,8-9H2,(H,26,31)(H,27,32). The van der Waals surface area contributed by atoms with Crippen LogP contribution >= 0.6 is 11.3 Å². The molecular weight excluding hydrogens is 462 g/mol. The maximum absolute atomic E-state index is 14.0. The van der Waals surface area contributed by atoms with E-state index in [0.29, 0.717) is 17.1 Å². The number of fused-ring (bicyclic) bond motifs is 1. The van der Waals surface area contributed by atoms with Crippen LogP contribution < -0.4 is 10.6 Å². The molecule has 2 amide bonds. The summed E-state index contributed by atoms with van der Waals surface area (Å²) >= 11 is 1.29. The fourth-order valence-electron chi connectivity index (χ4n) is 3.00. The Morgan fingerprint density at radius 2 is 1.85 bits per heavy atom. The van der Waals surface area contributed by atoms with Gasteiger partial charge in [0.2, 0.25) is 4.96 Å². The van der Waals surface area contributed by atoms with Gasteiger partial charge in [0, 0.05) is 24.0 Å². The molecule has 0 saturated heterocycles. The van der Waals surface area contributed by atoms with Gasteiger partial charge >= 0.3 is 18.0 Å². The molecule has 2 aromatic heterocycles. The molecule has 2 N–H and O–H groups in total. The van der Waals surface area contributed by atoms with Crippen molar-refractivity contribution in [2.45, 2.75) is 12.6 Å². The Morgan fingerprint density at radius 1 is 1.06 bits per heavy atom. The molecule has 0 unspecified atom stereocenters. The first-order valence-electron chi connectivity index (χ1n) is 9.57. The third-order valence-corrected chi connectivity index (χ3v) is 5.45. The first-order chi connectivity index (χ1) is 15.7. The predicted octanol–water partition coefficient (Wildman–Crippen LogP) is 3.91. The highest BCUT2D eigenvalue weighted by molar-refractivity contribution is 7.15. The highest BCUT2D eigenvalue weighted by Gasteiger charge is 2.30. The molecule has 0 aliphatic carbocycles. The van der Waals surface area contributed by atoms with Gasteiger partial charge in [-0.2, -0.15) is 18.2 Å². The lowest BCUT2D eigenvalue weighted by Gasteiger charge is -2.10. The summed E-state index contributed by atoms with van der Waals surface area (Å²) in [5.41, 5.74) is -0.139. The maximum atomic E-state index is 14.0. The van der Waals surface area contributed by atoms with E-state index in [4.69, 9.17) is 0 Å². The first kappa shape index (κ1) is 22.4. The zero-order chi connectivity index (χ0) is 23.6. The van der Waals surface area contributed by atoms with Gasteiger partial charge in [0.05, 0.1) is 16.8 Å². The highest BCUT2D eigenvalue weighted by Crippen LogP contribution is 2.30. The summed E-state index contributed by atoms with van der Waals surface area (Å²) in [5.74, 6) is -2.31. The number of aromatic nitrogens is 3. The molecule has 33 heavy (non-hydrogen) atoms. The topological polar surface area (TPSA) is 88.4 Å². The quantitative estimate of drug-likeness (QED) is 0.337. The molecule has 2 heterocycles. The Labute approximate surface area is 188 Å². The van der Waals surface area contributed by atoms with Gasteiger partial charge in [-0.1, -0.05) is 18.2 Å². The van der Waals surface area contributed by atoms with E-state index < -0.39 is 29.4 Å². The van der Waals surface area contributed by atoms with Crippen LogP contribution in [0.3, 0.4) is 0 Å². The van der Waals surface area contributed by atoms with Crippen LogP contribution in [-0.2, 0) is 22.2 Å². The number of hydrogen-bond acceptors (Lipinski definition) is 5. The Bertz CT molecular complexity index is 1330. The third-order valence-electron chi connectivity index (χ3n) is 4.59. The fraction of sp³-hybridized carbons (Fsp3) is 0.143. The first-order valence-corrected chi connectivity index (χ1v) is 10.4. The van der Waals surface area contributed by atoms with E-state index >= 15 is 0 Å². The molecule has 0 radical (unpaired) electrons. The molecule has 4 aromatic rings. The number of amides is 2. The second-order valence-corrected chi connectivity index (χ2v) is 7.71. The Hall–Kier alpha value is -3.80. The number of hydrogen-bond donors (Lipinski definition) is 2. The molecular formula is C21H15F4N5O2S. The van der Waals surface area contributed by atoms with Crippen LogP contribution in [0.25, 0.3) is 16.3 Å². The lowest BCUT2D eigenvalue weighted by Crippen LogP contribution is -2.36. The minimum atomic E-state index is -4.57. The van der Waals surface area contributed by atoms with Gasteiger partial charge in [-0.25, -0.2) is 8.91 Å². The molecule has 12 heteroatoms. The summed E-state index contributed by atoms with van der Waals surface area (Å²) in [6.45, 7) is 0.0650. The van der Waals surface area contributed by atoms with Crippen LogP contribution in [0.4, 0.5) is 23.2 Å². The number of nitrogens with one attached hydrogen (secondary N) is 2. The molecule has 0 fully saturated rings. The second-order valence-electron chi connectivity index (χ2n) is 6.88. The largest absolute Gasteiger partial charge is 0.416 e. The van der Waals surface area contributed by atoms with Crippen LogP contribution in [0.1, 0.15) is 11.3 Å². The number of rotatable bonds is 5. The molecule has 0 aliphatic rings. The van der Waals surface area contributed by atoms with Crippen molar-refractivity contribution in [3.05, 3.63) is 71.0 Å². The Morgan fingerprint density at radius 3 is 2.61 bits per heavy atom. The van der Waals surface area contributed by atoms with Crippen LogP contribution in [0.2, 0.25) is 0 Å². The number of carbonyl (C=O) groups is 2. The average molecular weight is 477 g/mol. The lowest BCUT2D eigenvalue weighted by atomic mass is 10.2. The lowest BCUT2D eigenvalue weighted by molar-refractivity contribution is -0.137. The van der Waals surface area contributed by atoms with Gasteiger partial charge < -0.3 is 10.6 Å². The van der Waals surface area contributed by atoms with Gasteiger partial charge in [-0.15, -0.1) is 16.4 Å². The molecule has 7 nitrogen and oxygen atoms in total. The normalized spacial score (nSPS) is 11.5. The monoisotopic (exact) mass is 477 g/mol. The molecule has 0 bridgehead atoms.